The van der Waals surface area contributed by atoms with Crippen LogP contribution in [-0.2, 0) is 0 Å². The molecule has 2 N–H and O–H groups in total. The number of aliphatic hydroxyl groups excluding tert-OH is 1. The fourth-order valence-corrected chi connectivity index (χ4v) is 1.89. The Labute approximate surface area is 106 Å². The van der Waals surface area contributed by atoms with Gasteiger partial charge in [-0.25, -0.2) is 0 Å². The number of halogens is 1. The first kappa shape index (κ1) is 12.0. The minimum atomic E-state index is -0.116. The number of anilines is 1. The third-order valence-electron chi connectivity index (χ3n) is 2.55. The molecule has 0 fully saturated rings. The maximum atomic E-state index is 9.41. The second-order valence-electron chi connectivity index (χ2n) is 3.80. The SMILES string of the molecule is OCC(Nc1cccc(Cl)c1)c1ccccc1. The van der Waals surface area contributed by atoms with E-state index in [1.165, 1.54) is 0 Å². The van der Waals surface area contributed by atoms with Crippen molar-refractivity contribution in [3.8, 4) is 0 Å². The molecule has 2 aromatic rings. The Hall–Kier alpha value is -1.51. The zero-order valence-electron chi connectivity index (χ0n) is 9.31. The fraction of sp³-hybridized carbons (Fsp3) is 0.143. The molecule has 2 rings (SSSR count). The van der Waals surface area contributed by atoms with Gasteiger partial charge in [-0.1, -0.05) is 48.0 Å². The zero-order chi connectivity index (χ0) is 12.1. The molecule has 17 heavy (non-hydrogen) atoms. The number of nitrogens with one attached hydrogen (secondary N) is 1. The summed E-state index contributed by atoms with van der Waals surface area (Å²) in [6, 6.07) is 17.2. The second-order valence-corrected chi connectivity index (χ2v) is 4.24. The van der Waals surface area contributed by atoms with E-state index < -0.39 is 0 Å². The molecule has 0 bridgehead atoms. The lowest BCUT2D eigenvalue weighted by atomic mass is 10.1. The van der Waals surface area contributed by atoms with Crippen molar-refractivity contribution in [3.63, 3.8) is 0 Å². The Morgan fingerprint density at radius 2 is 1.82 bits per heavy atom. The van der Waals surface area contributed by atoms with E-state index in [-0.39, 0.29) is 12.6 Å². The normalized spacial score (nSPS) is 12.1. The smallest absolute Gasteiger partial charge is 0.0745 e. The van der Waals surface area contributed by atoms with Gasteiger partial charge in [-0.15, -0.1) is 0 Å². The Balaban J connectivity index is 2.16. The summed E-state index contributed by atoms with van der Waals surface area (Å²) in [6.07, 6.45) is 0. The maximum Gasteiger partial charge on any atom is 0.0745 e. The van der Waals surface area contributed by atoms with Crippen LogP contribution in [0.15, 0.2) is 54.6 Å². The number of hydrogen-bond donors (Lipinski definition) is 2. The minimum Gasteiger partial charge on any atom is -0.394 e. The van der Waals surface area contributed by atoms with E-state index in [0.717, 1.165) is 11.3 Å². The first-order chi connectivity index (χ1) is 8.29. The van der Waals surface area contributed by atoms with E-state index in [1.54, 1.807) is 0 Å². The summed E-state index contributed by atoms with van der Waals surface area (Å²) in [4.78, 5) is 0. The van der Waals surface area contributed by atoms with Gasteiger partial charge in [-0.3, -0.25) is 0 Å². The number of hydrogen-bond acceptors (Lipinski definition) is 2. The van der Waals surface area contributed by atoms with Gasteiger partial charge in [0, 0.05) is 10.7 Å². The van der Waals surface area contributed by atoms with E-state index in [4.69, 9.17) is 11.6 Å². The summed E-state index contributed by atoms with van der Waals surface area (Å²) >= 11 is 5.91. The van der Waals surface area contributed by atoms with Gasteiger partial charge in [0.1, 0.15) is 0 Å². The summed E-state index contributed by atoms with van der Waals surface area (Å²) in [7, 11) is 0. The predicted molar refractivity (Wildman–Crippen MR) is 71.3 cm³/mol. The molecule has 3 heteroatoms. The molecule has 0 heterocycles. The lowest BCUT2D eigenvalue weighted by Crippen LogP contribution is -2.14. The monoisotopic (exact) mass is 247 g/mol. The van der Waals surface area contributed by atoms with Crippen LogP contribution >= 0.6 is 11.6 Å². The Morgan fingerprint density at radius 1 is 1.06 bits per heavy atom. The number of rotatable bonds is 4. The van der Waals surface area contributed by atoms with Crippen molar-refractivity contribution in [2.75, 3.05) is 11.9 Å². The molecule has 1 unspecified atom stereocenters. The fourth-order valence-electron chi connectivity index (χ4n) is 1.70. The Kier molecular flexibility index (Phi) is 4.02. The molecule has 2 aromatic carbocycles. The van der Waals surface area contributed by atoms with E-state index in [1.807, 2.05) is 54.6 Å². The van der Waals surface area contributed by atoms with E-state index in [2.05, 4.69) is 5.32 Å². The van der Waals surface area contributed by atoms with Gasteiger partial charge in [-0.2, -0.15) is 0 Å². The topological polar surface area (TPSA) is 32.3 Å². The number of aliphatic hydroxyl groups is 1. The van der Waals surface area contributed by atoms with Crippen LogP contribution in [0.25, 0.3) is 0 Å². The summed E-state index contributed by atoms with van der Waals surface area (Å²) in [6.45, 7) is 0.0382. The molecule has 0 saturated carbocycles. The summed E-state index contributed by atoms with van der Waals surface area (Å²) in [5.74, 6) is 0. The van der Waals surface area contributed by atoms with Gasteiger partial charge < -0.3 is 10.4 Å². The van der Waals surface area contributed by atoms with Gasteiger partial charge in [0.05, 0.1) is 12.6 Å². The van der Waals surface area contributed by atoms with Crippen molar-refractivity contribution in [3.05, 3.63) is 65.2 Å². The molecular weight excluding hydrogens is 234 g/mol. The van der Waals surface area contributed by atoms with Gasteiger partial charge in [0.2, 0.25) is 0 Å². The van der Waals surface area contributed by atoms with Crippen LogP contribution in [0, 0.1) is 0 Å². The number of benzene rings is 2. The molecule has 0 saturated heterocycles. The molecule has 0 aliphatic carbocycles. The standard InChI is InChI=1S/C14H14ClNO/c15-12-7-4-8-13(9-12)16-14(10-17)11-5-2-1-3-6-11/h1-9,14,16-17H,10H2. The Bertz CT molecular complexity index is 473. The highest BCUT2D eigenvalue weighted by molar-refractivity contribution is 6.30. The molecule has 0 amide bonds. The van der Waals surface area contributed by atoms with Crippen LogP contribution < -0.4 is 5.32 Å². The molecule has 0 spiro atoms. The highest BCUT2D eigenvalue weighted by Gasteiger charge is 2.09. The molecule has 1 atom stereocenters. The third kappa shape index (κ3) is 3.22. The molecule has 88 valence electrons. The lowest BCUT2D eigenvalue weighted by molar-refractivity contribution is 0.276. The molecule has 0 radical (unpaired) electrons. The zero-order valence-corrected chi connectivity index (χ0v) is 10.1. The van der Waals surface area contributed by atoms with Gasteiger partial charge in [0.15, 0.2) is 0 Å². The van der Waals surface area contributed by atoms with Crippen LogP contribution in [0.3, 0.4) is 0 Å². The van der Waals surface area contributed by atoms with E-state index >= 15 is 0 Å². The van der Waals surface area contributed by atoms with Crippen LogP contribution in [0.2, 0.25) is 5.02 Å². The molecule has 0 aromatic heterocycles. The van der Waals surface area contributed by atoms with Crippen LogP contribution in [0.1, 0.15) is 11.6 Å². The lowest BCUT2D eigenvalue weighted by Gasteiger charge is -2.18. The van der Waals surface area contributed by atoms with Crippen molar-refractivity contribution >= 4 is 17.3 Å². The first-order valence-electron chi connectivity index (χ1n) is 5.47. The molecule has 0 aliphatic rings. The third-order valence-corrected chi connectivity index (χ3v) is 2.79. The largest absolute Gasteiger partial charge is 0.394 e. The summed E-state index contributed by atoms with van der Waals surface area (Å²) in [5, 5.41) is 13.3. The Morgan fingerprint density at radius 3 is 2.47 bits per heavy atom. The van der Waals surface area contributed by atoms with E-state index in [0.29, 0.717) is 5.02 Å². The maximum absolute atomic E-state index is 9.41. The highest BCUT2D eigenvalue weighted by atomic mass is 35.5. The van der Waals surface area contributed by atoms with Crippen molar-refractivity contribution in [1.29, 1.82) is 0 Å². The molecular formula is C14H14ClNO. The first-order valence-corrected chi connectivity index (χ1v) is 5.85. The van der Waals surface area contributed by atoms with E-state index in [9.17, 15) is 5.11 Å². The molecule has 2 nitrogen and oxygen atoms in total. The van der Waals surface area contributed by atoms with Crippen LogP contribution in [0.5, 0.6) is 0 Å². The van der Waals surface area contributed by atoms with Gasteiger partial charge in [0.25, 0.3) is 0 Å². The predicted octanol–water partition coefficient (Wildman–Crippen LogP) is 3.49. The van der Waals surface area contributed by atoms with Gasteiger partial charge >= 0.3 is 0 Å². The average molecular weight is 248 g/mol. The van der Waals surface area contributed by atoms with Crippen molar-refractivity contribution in [2.45, 2.75) is 6.04 Å². The minimum absolute atomic E-state index is 0.0382. The van der Waals surface area contributed by atoms with Crippen molar-refractivity contribution < 1.29 is 5.11 Å². The highest BCUT2D eigenvalue weighted by Crippen LogP contribution is 2.21. The van der Waals surface area contributed by atoms with Crippen molar-refractivity contribution in [2.24, 2.45) is 0 Å². The average Bonchev–Trinajstić information content (AvgIpc) is 2.37. The quantitative estimate of drug-likeness (QED) is 0.867. The second kappa shape index (κ2) is 5.71. The van der Waals surface area contributed by atoms with Crippen molar-refractivity contribution in [1.82, 2.24) is 0 Å². The summed E-state index contributed by atoms with van der Waals surface area (Å²) in [5.41, 5.74) is 1.95. The van der Waals surface area contributed by atoms with Crippen LogP contribution in [-0.4, -0.2) is 11.7 Å². The molecule has 0 aliphatic heterocycles. The van der Waals surface area contributed by atoms with Crippen LogP contribution in [0.4, 0.5) is 5.69 Å². The summed E-state index contributed by atoms with van der Waals surface area (Å²) < 4.78 is 0. The van der Waals surface area contributed by atoms with Gasteiger partial charge in [-0.05, 0) is 23.8 Å².